The Kier molecular flexibility index (Phi) is 5.99. The number of aliphatic hydroxyl groups is 2. The molecule has 2 aliphatic carbocycles. The van der Waals surface area contributed by atoms with Crippen LogP contribution in [-0.4, -0.2) is 60.5 Å². The fourth-order valence-electron chi connectivity index (χ4n) is 5.81. The van der Waals surface area contributed by atoms with Gasteiger partial charge in [-0.2, -0.15) is 0 Å². The number of likely N-dealkylation sites (tertiary alicyclic amines) is 1. The topological polar surface area (TPSA) is 79.2 Å². The molecule has 30 heavy (non-hydrogen) atoms. The first kappa shape index (κ1) is 21.4. The molecule has 5 atom stereocenters. The highest BCUT2D eigenvalue weighted by Crippen LogP contribution is 2.55. The van der Waals surface area contributed by atoms with Gasteiger partial charge in [0, 0.05) is 24.4 Å². The molecule has 3 fully saturated rings. The van der Waals surface area contributed by atoms with Crippen LogP contribution in [0.15, 0.2) is 18.2 Å². The Morgan fingerprint density at radius 2 is 1.97 bits per heavy atom. The number of carbonyl (C=O) groups excluding carboxylic acids is 1. The average Bonchev–Trinajstić information content (AvgIpc) is 3.34. The summed E-state index contributed by atoms with van der Waals surface area (Å²) in [5, 5.41) is 19.8. The zero-order chi connectivity index (χ0) is 21.5. The lowest BCUT2D eigenvalue weighted by molar-refractivity contribution is -0.133. The van der Waals surface area contributed by atoms with Gasteiger partial charge in [0.05, 0.1) is 19.8 Å². The number of nitrogens with zero attached hydrogens (tertiary/aromatic N) is 1. The molecule has 4 rings (SSSR count). The molecule has 2 N–H and O–H groups in total. The van der Waals surface area contributed by atoms with E-state index >= 15 is 0 Å². The third kappa shape index (κ3) is 3.80. The predicted octanol–water partition coefficient (Wildman–Crippen LogP) is 2.82. The highest BCUT2D eigenvalue weighted by atomic mass is 16.5. The standard InChI is InChI=1S/C24H35NO5/c1-15(27)24(2)14-25(23(28)12-26)11-20(24)16-8-9-21(29-3)22(10-16)30-13-19-17-6-4-5-7-18(17)19/h8-10,15,17-20,26-27H,4-7,11-14H2,1-3H3. The summed E-state index contributed by atoms with van der Waals surface area (Å²) < 4.78 is 11.8. The molecule has 1 aromatic rings. The summed E-state index contributed by atoms with van der Waals surface area (Å²) in [6.45, 7) is 4.88. The summed E-state index contributed by atoms with van der Waals surface area (Å²) in [6.07, 6.45) is 4.76. The summed E-state index contributed by atoms with van der Waals surface area (Å²) in [5.41, 5.74) is 0.526. The molecule has 1 saturated heterocycles. The van der Waals surface area contributed by atoms with E-state index in [9.17, 15) is 15.0 Å². The highest BCUT2D eigenvalue weighted by Gasteiger charge is 2.51. The van der Waals surface area contributed by atoms with Crippen LogP contribution in [0.1, 0.15) is 51.0 Å². The molecule has 1 aromatic carbocycles. The average molecular weight is 418 g/mol. The first-order valence-electron chi connectivity index (χ1n) is 11.3. The lowest BCUT2D eigenvalue weighted by atomic mass is 9.72. The van der Waals surface area contributed by atoms with Crippen molar-refractivity contribution in [2.24, 2.45) is 23.2 Å². The van der Waals surface area contributed by atoms with E-state index < -0.39 is 18.1 Å². The van der Waals surface area contributed by atoms with E-state index in [1.165, 1.54) is 25.7 Å². The zero-order valence-corrected chi connectivity index (χ0v) is 18.3. The predicted molar refractivity (Wildman–Crippen MR) is 114 cm³/mol. The number of fused-ring (bicyclic) bond motifs is 1. The monoisotopic (exact) mass is 417 g/mol. The normalized spacial score (nSPS) is 33.7. The maximum absolute atomic E-state index is 12.1. The quantitative estimate of drug-likeness (QED) is 0.713. The Bertz CT molecular complexity index is 769. The second kappa shape index (κ2) is 8.39. The fraction of sp³-hybridized carbons (Fsp3) is 0.708. The van der Waals surface area contributed by atoms with Gasteiger partial charge in [0.25, 0.3) is 0 Å². The smallest absolute Gasteiger partial charge is 0.248 e. The highest BCUT2D eigenvalue weighted by molar-refractivity contribution is 5.77. The number of rotatable bonds is 7. The lowest BCUT2D eigenvalue weighted by Gasteiger charge is -2.33. The van der Waals surface area contributed by atoms with E-state index in [4.69, 9.17) is 9.47 Å². The van der Waals surface area contributed by atoms with Gasteiger partial charge in [0.2, 0.25) is 5.91 Å². The SMILES string of the molecule is COc1ccc(C2CN(C(=O)CO)CC2(C)C(C)O)cc1OCC1C2CCCCC21. The minimum atomic E-state index is -0.597. The van der Waals surface area contributed by atoms with Crippen molar-refractivity contribution in [3.8, 4) is 11.5 Å². The first-order chi connectivity index (χ1) is 14.4. The number of methoxy groups -OCH3 is 1. The van der Waals surface area contributed by atoms with E-state index in [0.29, 0.717) is 24.8 Å². The van der Waals surface area contributed by atoms with Crippen LogP contribution in [0.25, 0.3) is 0 Å². The largest absolute Gasteiger partial charge is 0.493 e. The number of benzene rings is 1. The number of hydrogen-bond donors (Lipinski definition) is 2. The Labute approximate surface area is 179 Å². The summed E-state index contributed by atoms with van der Waals surface area (Å²) in [7, 11) is 1.65. The molecule has 166 valence electrons. The molecule has 6 heteroatoms. The van der Waals surface area contributed by atoms with Crippen LogP contribution >= 0.6 is 0 Å². The van der Waals surface area contributed by atoms with Crippen molar-refractivity contribution in [2.45, 2.75) is 51.6 Å². The van der Waals surface area contributed by atoms with Crippen LogP contribution in [0.3, 0.4) is 0 Å². The molecule has 1 heterocycles. The van der Waals surface area contributed by atoms with Crippen LogP contribution in [0.5, 0.6) is 11.5 Å². The van der Waals surface area contributed by atoms with E-state index in [-0.39, 0.29) is 11.8 Å². The molecule has 3 aliphatic rings. The molecule has 0 bridgehead atoms. The van der Waals surface area contributed by atoms with Crippen molar-refractivity contribution < 1.29 is 24.5 Å². The molecule has 2 saturated carbocycles. The minimum absolute atomic E-state index is 0.0511. The van der Waals surface area contributed by atoms with E-state index in [2.05, 4.69) is 0 Å². The van der Waals surface area contributed by atoms with Crippen molar-refractivity contribution >= 4 is 5.91 Å². The molecular formula is C24H35NO5. The molecule has 1 aliphatic heterocycles. The van der Waals surface area contributed by atoms with Crippen LogP contribution in [0.2, 0.25) is 0 Å². The number of aliphatic hydroxyl groups excluding tert-OH is 2. The van der Waals surface area contributed by atoms with Crippen molar-refractivity contribution in [1.82, 2.24) is 4.90 Å². The van der Waals surface area contributed by atoms with Gasteiger partial charge in [-0.1, -0.05) is 25.8 Å². The number of ether oxygens (including phenoxy) is 2. The van der Waals surface area contributed by atoms with Crippen molar-refractivity contribution in [1.29, 1.82) is 0 Å². The van der Waals surface area contributed by atoms with E-state index in [1.807, 2.05) is 25.1 Å². The van der Waals surface area contributed by atoms with Crippen LogP contribution in [-0.2, 0) is 4.79 Å². The maximum Gasteiger partial charge on any atom is 0.248 e. The van der Waals surface area contributed by atoms with Gasteiger partial charge in [-0.3, -0.25) is 4.79 Å². The Hall–Kier alpha value is -1.79. The fourth-order valence-corrected chi connectivity index (χ4v) is 5.81. The van der Waals surface area contributed by atoms with Gasteiger partial charge in [0.1, 0.15) is 6.61 Å². The Morgan fingerprint density at radius 3 is 2.57 bits per heavy atom. The van der Waals surface area contributed by atoms with Gasteiger partial charge in [-0.15, -0.1) is 0 Å². The van der Waals surface area contributed by atoms with Gasteiger partial charge >= 0.3 is 0 Å². The van der Waals surface area contributed by atoms with Crippen LogP contribution < -0.4 is 9.47 Å². The number of hydrogen-bond acceptors (Lipinski definition) is 5. The lowest BCUT2D eigenvalue weighted by Crippen LogP contribution is -2.38. The van der Waals surface area contributed by atoms with Crippen LogP contribution in [0, 0.1) is 23.2 Å². The van der Waals surface area contributed by atoms with Gasteiger partial charge in [-0.25, -0.2) is 0 Å². The van der Waals surface area contributed by atoms with Gasteiger partial charge in [0.15, 0.2) is 11.5 Å². The number of amides is 1. The molecule has 5 unspecified atom stereocenters. The molecule has 1 amide bonds. The second-order valence-electron chi connectivity index (χ2n) is 9.66. The molecule has 0 spiro atoms. The Morgan fingerprint density at radius 1 is 1.27 bits per heavy atom. The van der Waals surface area contributed by atoms with Crippen molar-refractivity contribution in [3.63, 3.8) is 0 Å². The zero-order valence-electron chi connectivity index (χ0n) is 18.3. The molecule has 0 radical (unpaired) electrons. The Balaban J connectivity index is 1.54. The van der Waals surface area contributed by atoms with Gasteiger partial charge in [-0.05, 0) is 55.2 Å². The van der Waals surface area contributed by atoms with Gasteiger partial charge < -0.3 is 24.6 Å². The molecule has 6 nitrogen and oxygen atoms in total. The number of carbonyl (C=O) groups is 1. The first-order valence-corrected chi connectivity index (χ1v) is 11.3. The van der Waals surface area contributed by atoms with Crippen LogP contribution in [0.4, 0.5) is 0 Å². The molecular weight excluding hydrogens is 382 g/mol. The maximum atomic E-state index is 12.1. The minimum Gasteiger partial charge on any atom is -0.493 e. The van der Waals surface area contributed by atoms with Crippen molar-refractivity contribution in [2.75, 3.05) is 33.4 Å². The van der Waals surface area contributed by atoms with E-state index in [0.717, 1.165) is 29.8 Å². The molecule has 0 aromatic heterocycles. The van der Waals surface area contributed by atoms with E-state index in [1.54, 1.807) is 18.9 Å². The van der Waals surface area contributed by atoms with Crippen molar-refractivity contribution in [3.05, 3.63) is 23.8 Å². The summed E-state index contributed by atoms with van der Waals surface area (Å²) in [6, 6.07) is 5.94. The third-order valence-electron chi connectivity index (χ3n) is 8.03. The third-order valence-corrected chi connectivity index (χ3v) is 8.03. The summed E-state index contributed by atoms with van der Waals surface area (Å²) in [5.74, 6) is 3.42. The summed E-state index contributed by atoms with van der Waals surface area (Å²) in [4.78, 5) is 13.8. The summed E-state index contributed by atoms with van der Waals surface area (Å²) >= 11 is 0. The second-order valence-corrected chi connectivity index (χ2v) is 9.66.